The first-order valence-corrected chi connectivity index (χ1v) is 9.90. The third-order valence-corrected chi connectivity index (χ3v) is 6.21. The van der Waals surface area contributed by atoms with Crippen molar-refractivity contribution in [3.05, 3.63) is 59.2 Å². The Morgan fingerprint density at radius 2 is 1.74 bits per heavy atom. The second-order valence-electron chi connectivity index (χ2n) is 5.91. The van der Waals surface area contributed by atoms with Crippen LogP contribution in [0.15, 0.2) is 47.4 Å². The number of carboxylic acids is 1. The Hall–Kier alpha value is -2.71. The van der Waals surface area contributed by atoms with Crippen molar-refractivity contribution in [3.8, 4) is 0 Å². The fourth-order valence-electron chi connectivity index (χ4n) is 2.65. The lowest BCUT2D eigenvalue weighted by molar-refractivity contribution is 0.0696. The summed E-state index contributed by atoms with van der Waals surface area (Å²) in [7, 11) is -3.69. The summed E-state index contributed by atoms with van der Waals surface area (Å²) in [6.45, 7) is 5.86. The lowest BCUT2D eigenvalue weighted by Crippen LogP contribution is -2.30. The Kier molecular flexibility index (Phi) is 6.35. The van der Waals surface area contributed by atoms with Gasteiger partial charge >= 0.3 is 5.97 Å². The molecule has 0 aliphatic heterocycles. The maximum atomic E-state index is 12.7. The van der Waals surface area contributed by atoms with E-state index in [-0.39, 0.29) is 16.0 Å². The second kappa shape index (κ2) is 8.32. The van der Waals surface area contributed by atoms with E-state index in [0.717, 1.165) is 0 Å². The third kappa shape index (κ3) is 4.53. The van der Waals surface area contributed by atoms with Crippen molar-refractivity contribution in [2.75, 3.05) is 18.4 Å². The molecule has 2 rings (SSSR count). The number of carbonyl (C=O) groups excluding carboxylic acids is 1. The van der Waals surface area contributed by atoms with Gasteiger partial charge < -0.3 is 10.4 Å². The molecule has 0 aromatic heterocycles. The fourth-order valence-corrected chi connectivity index (χ4v) is 4.13. The van der Waals surface area contributed by atoms with Crippen LogP contribution in [0.5, 0.6) is 0 Å². The summed E-state index contributed by atoms with van der Waals surface area (Å²) in [4.78, 5) is 23.7. The molecule has 2 aromatic rings. The lowest BCUT2D eigenvalue weighted by atomic mass is 10.1. The Bertz CT molecular complexity index is 966. The molecule has 0 aliphatic carbocycles. The Morgan fingerprint density at radius 1 is 1.07 bits per heavy atom. The van der Waals surface area contributed by atoms with Gasteiger partial charge in [0.05, 0.1) is 10.5 Å². The molecule has 0 saturated carbocycles. The van der Waals surface area contributed by atoms with Crippen molar-refractivity contribution in [2.45, 2.75) is 25.7 Å². The van der Waals surface area contributed by atoms with Crippen molar-refractivity contribution in [1.29, 1.82) is 0 Å². The van der Waals surface area contributed by atoms with Gasteiger partial charge in [-0.1, -0.05) is 26.0 Å². The van der Waals surface area contributed by atoms with Crippen LogP contribution in [0.1, 0.15) is 40.1 Å². The Balaban J connectivity index is 2.37. The summed E-state index contributed by atoms with van der Waals surface area (Å²) in [6, 6.07) is 10.2. The maximum absolute atomic E-state index is 12.7. The molecular formula is C19H22N2O5S. The molecule has 8 heteroatoms. The van der Waals surface area contributed by atoms with E-state index < -0.39 is 21.9 Å². The maximum Gasteiger partial charge on any atom is 0.335 e. The summed E-state index contributed by atoms with van der Waals surface area (Å²) in [6.07, 6.45) is 0. The molecular weight excluding hydrogens is 368 g/mol. The van der Waals surface area contributed by atoms with E-state index in [1.54, 1.807) is 32.9 Å². The van der Waals surface area contributed by atoms with Gasteiger partial charge in [0.25, 0.3) is 5.91 Å². The Labute approximate surface area is 158 Å². The highest BCUT2D eigenvalue weighted by atomic mass is 32.2. The van der Waals surface area contributed by atoms with Crippen LogP contribution < -0.4 is 5.32 Å². The summed E-state index contributed by atoms with van der Waals surface area (Å²) in [5, 5.41) is 11.7. The molecule has 0 spiro atoms. The Morgan fingerprint density at radius 3 is 2.33 bits per heavy atom. The van der Waals surface area contributed by atoms with Crippen LogP contribution in [0.2, 0.25) is 0 Å². The van der Waals surface area contributed by atoms with Gasteiger partial charge in [-0.05, 0) is 42.8 Å². The van der Waals surface area contributed by atoms with E-state index in [0.29, 0.717) is 24.3 Å². The molecule has 0 atom stereocenters. The van der Waals surface area contributed by atoms with Gasteiger partial charge in [0.1, 0.15) is 0 Å². The van der Waals surface area contributed by atoms with Crippen LogP contribution in [-0.2, 0) is 10.0 Å². The number of carbonyl (C=O) groups is 2. The van der Waals surface area contributed by atoms with E-state index >= 15 is 0 Å². The van der Waals surface area contributed by atoms with E-state index in [2.05, 4.69) is 5.32 Å². The van der Waals surface area contributed by atoms with Crippen molar-refractivity contribution < 1.29 is 23.1 Å². The zero-order chi connectivity index (χ0) is 20.2. The van der Waals surface area contributed by atoms with Crippen molar-refractivity contribution >= 4 is 27.6 Å². The van der Waals surface area contributed by atoms with E-state index in [1.807, 2.05) is 0 Å². The van der Waals surface area contributed by atoms with Crippen LogP contribution in [0.25, 0.3) is 0 Å². The van der Waals surface area contributed by atoms with Crippen molar-refractivity contribution in [1.82, 2.24) is 4.31 Å². The van der Waals surface area contributed by atoms with Crippen LogP contribution in [0.3, 0.4) is 0 Å². The van der Waals surface area contributed by atoms with Crippen LogP contribution in [0, 0.1) is 6.92 Å². The first kappa shape index (κ1) is 20.6. The number of amides is 1. The number of nitrogens with zero attached hydrogens (tertiary/aromatic N) is 1. The summed E-state index contributed by atoms with van der Waals surface area (Å²) in [5.74, 6) is -1.61. The van der Waals surface area contributed by atoms with Gasteiger partial charge in [0, 0.05) is 24.3 Å². The number of hydrogen-bond donors (Lipinski definition) is 2. The second-order valence-corrected chi connectivity index (χ2v) is 7.84. The number of nitrogens with one attached hydrogen (secondary N) is 1. The van der Waals surface area contributed by atoms with E-state index in [4.69, 9.17) is 5.11 Å². The number of sulfonamides is 1. The predicted octanol–water partition coefficient (Wildman–Crippen LogP) is 2.98. The largest absolute Gasteiger partial charge is 0.478 e. The molecule has 0 radical (unpaired) electrons. The average Bonchev–Trinajstić information content (AvgIpc) is 2.62. The third-order valence-electron chi connectivity index (χ3n) is 4.16. The van der Waals surface area contributed by atoms with Crippen LogP contribution >= 0.6 is 0 Å². The van der Waals surface area contributed by atoms with Crippen molar-refractivity contribution in [2.24, 2.45) is 0 Å². The standard InChI is InChI=1S/C19H22N2O5S/c1-4-21(5-2)27(25,26)16-10-9-13(3)17(12-16)18(22)20-15-8-6-7-14(11-15)19(23)24/h6-12H,4-5H2,1-3H3,(H,20,22)(H,23,24). The van der Waals surface area contributed by atoms with Gasteiger partial charge in [0.15, 0.2) is 0 Å². The SMILES string of the molecule is CCN(CC)S(=O)(=O)c1ccc(C)c(C(=O)Nc2cccc(C(=O)O)c2)c1. The summed E-state index contributed by atoms with van der Waals surface area (Å²) in [5.41, 5.74) is 1.18. The summed E-state index contributed by atoms with van der Waals surface area (Å²) >= 11 is 0. The minimum atomic E-state index is -3.69. The molecule has 1 amide bonds. The average molecular weight is 390 g/mol. The van der Waals surface area contributed by atoms with E-state index in [9.17, 15) is 18.0 Å². The molecule has 0 unspecified atom stereocenters. The quantitative estimate of drug-likeness (QED) is 0.756. The molecule has 144 valence electrons. The zero-order valence-electron chi connectivity index (χ0n) is 15.4. The first-order valence-electron chi connectivity index (χ1n) is 8.46. The minimum absolute atomic E-state index is 0.0428. The van der Waals surface area contributed by atoms with Gasteiger partial charge in [0.2, 0.25) is 10.0 Å². The monoisotopic (exact) mass is 390 g/mol. The number of aryl methyl sites for hydroxylation is 1. The predicted molar refractivity (Wildman–Crippen MR) is 103 cm³/mol. The first-order chi connectivity index (χ1) is 12.7. The highest BCUT2D eigenvalue weighted by molar-refractivity contribution is 7.89. The number of benzene rings is 2. The van der Waals surface area contributed by atoms with Gasteiger partial charge in [-0.15, -0.1) is 0 Å². The number of aromatic carboxylic acids is 1. The minimum Gasteiger partial charge on any atom is -0.478 e. The number of carboxylic acid groups (broad SMARTS) is 1. The molecule has 0 bridgehead atoms. The molecule has 0 saturated heterocycles. The molecule has 7 nitrogen and oxygen atoms in total. The van der Waals surface area contributed by atoms with Gasteiger partial charge in [-0.25, -0.2) is 13.2 Å². The molecule has 0 heterocycles. The highest BCUT2D eigenvalue weighted by Gasteiger charge is 2.23. The molecule has 0 aliphatic rings. The lowest BCUT2D eigenvalue weighted by Gasteiger charge is -2.19. The molecule has 27 heavy (non-hydrogen) atoms. The van der Waals surface area contributed by atoms with Crippen molar-refractivity contribution in [3.63, 3.8) is 0 Å². The molecule has 2 aromatic carbocycles. The van der Waals surface area contributed by atoms with E-state index in [1.165, 1.54) is 34.6 Å². The fraction of sp³-hybridized carbons (Fsp3) is 0.263. The molecule has 2 N–H and O–H groups in total. The topological polar surface area (TPSA) is 104 Å². The van der Waals surface area contributed by atoms with Crippen LogP contribution in [-0.4, -0.2) is 42.8 Å². The highest BCUT2D eigenvalue weighted by Crippen LogP contribution is 2.21. The normalized spacial score (nSPS) is 11.4. The number of rotatable bonds is 7. The van der Waals surface area contributed by atoms with Crippen LogP contribution in [0.4, 0.5) is 5.69 Å². The number of anilines is 1. The molecule has 0 fully saturated rings. The van der Waals surface area contributed by atoms with Gasteiger partial charge in [-0.3, -0.25) is 4.79 Å². The van der Waals surface area contributed by atoms with Gasteiger partial charge in [-0.2, -0.15) is 4.31 Å². The zero-order valence-corrected chi connectivity index (χ0v) is 16.2. The smallest absolute Gasteiger partial charge is 0.335 e. The summed E-state index contributed by atoms with van der Waals surface area (Å²) < 4.78 is 26.7. The number of hydrogen-bond acceptors (Lipinski definition) is 4.